The van der Waals surface area contributed by atoms with E-state index in [2.05, 4.69) is 37.3 Å². The van der Waals surface area contributed by atoms with Gasteiger partial charge < -0.3 is 0 Å². The lowest BCUT2D eigenvalue weighted by molar-refractivity contribution is 0.559. The van der Waals surface area contributed by atoms with Crippen LogP contribution in [0.2, 0.25) is 0 Å². The SMILES string of the molecule is N#Cc1ccncc1-c1ccc2c(nnn2CC2CC2)c1Br. The Morgan fingerprint density at radius 3 is 2.91 bits per heavy atom. The summed E-state index contributed by atoms with van der Waals surface area (Å²) in [5.74, 6) is 0.742. The Morgan fingerprint density at radius 1 is 1.27 bits per heavy atom. The van der Waals surface area contributed by atoms with Crippen LogP contribution in [0, 0.1) is 17.2 Å². The number of nitrogens with zero attached hydrogens (tertiary/aromatic N) is 5. The van der Waals surface area contributed by atoms with Gasteiger partial charge in [0.05, 0.1) is 21.6 Å². The molecule has 22 heavy (non-hydrogen) atoms. The average Bonchev–Trinajstić information content (AvgIpc) is 3.27. The molecule has 6 heteroatoms. The van der Waals surface area contributed by atoms with E-state index in [1.807, 2.05) is 16.8 Å². The fourth-order valence-electron chi connectivity index (χ4n) is 2.60. The molecule has 2 aromatic heterocycles. The molecule has 0 N–H and O–H groups in total. The van der Waals surface area contributed by atoms with Gasteiger partial charge in [-0.25, -0.2) is 4.68 Å². The minimum absolute atomic E-state index is 0.598. The third-order valence-corrected chi connectivity index (χ3v) is 4.79. The first-order valence-electron chi connectivity index (χ1n) is 7.14. The highest BCUT2D eigenvalue weighted by Gasteiger charge is 2.24. The van der Waals surface area contributed by atoms with Gasteiger partial charge in [0.25, 0.3) is 0 Å². The van der Waals surface area contributed by atoms with Crippen LogP contribution >= 0.6 is 15.9 Å². The van der Waals surface area contributed by atoms with Gasteiger partial charge in [-0.3, -0.25) is 4.98 Å². The lowest BCUT2D eigenvalue weighted by Crippen LogP contribution is -2.01. The monoisotopic (exact) mass is 353 g/mol. The minimum atomic E-state index is 0.598. The van der Waals surface area contributed by atoms with E-state index in [1.54, 1.807) is 18.5 Å². The molecule has 1 aliphatic rings. The molecule has 0 saturated heterocycles. The van der Waals surface area contributed by atoms with Crippen LogP contribution in [0.4, 0.5) is 0 Å². The van der Waals surface area contributed by atoms with Crippen molar-refractivity contribution < 1.29 is 0 Å². The Hall–Kier alpha value is -2.26. The zero-order valence-electron chi connectivity index (χ0n) is 11.7. The molecule has 5 nitrogen and oxygen atoms in total. The van der Waals surface area contributed by atoms with Gasteiger partial charge in [0, 0.05) is 30.1 Å². The molecule has 108 valence electrons. The first-order valence-corrected chi connectivity index (χ1v) is 7.93. The summed E-state index contributed by atoms with van der Waals surface area (Å²) in [6.45, 7) is 0.929. The van der Waals surface area contributed by atoms with Gasteiger partial charge in [-0.05, 0) is 46.8 Å². The van der Waals surface area contributed by atoms with Crippen LogP contribution in [0.1, 0.15) is 18.4 Å². The predicted molar refractivity (Wildman–Crippen MR) is 85.9 cm³/mol. The highest BCUT2D eigenvalue weighted by molar-refractivity contribution is 9.10. The van der Waals surface area contributed by atoms with Crippen molar-refractivity contribution >= 4 is 27.0 Å². The van der Waals surface area contributed by atoms with Gasteiger partial charge in [0.1, 0.15) is 5.52 Å². The third kappa shape index (κ3) is 2.18. The number of hydrogen-bond acceptors (Lipinski definition) is 4. The lowest BCUT2D eigenvalue weighted by atomic mass is 10.0. The van der Waals surface area contributed by atoms with Crippen LogP contribution in [-0.2, 0) is 6.54 Å². The fraction of sp³-hybridized carbons (Fsp3) is 0.250. The topological polar surface area (TPSA) is 67.4 Å². The highest BCUT2D eigenvalue weighted by atomic mass is 79.9. The maximum absolute atomic E-state index is 9.27. The maximum atomic E-state index is 9.27. The van der Waals surface area contributed by atoms with E-state index in [-0.39, 0.29) is 0 Å². The van der Waals surface area contributed by atoms with Gasteiger partial charge >= 0.3 is 0 Å². The Bertz CT molecular complexity index is 905. The van der Waals surface area contributed by atoms with Gasteiger partial charge in [0.15, 0.2) is 0 Å². The molecule has 0 unspecified atom stereocenters. The van der Waals surface area contributed by atoms with Crippen LogP contribution < -0.4 is 0 Å². The molecule has 0 radical (unpaired) electrons. The number of fused-ring (bicyclic) bond motifs is 1. The van der Waals surface area contributed by atoms with Crippen LogP contribution in [0.5, 0.6) is 0 Å². The van der Waals surface area contributed by atoms with Crippen LogP contribution in [0.3, 0.4) is 0 Å². The first kappa shape index (κ1) is 13.4. The quantitative estimate of drug-likeness (QED) is 0.722. The number of benzene rings is 1. The largest absolute Gasteiger partial charge is 0.264 e. The summed E-state index contributed by atoms with van der Waals surface area (Å²) in [7, 11) is 0. The molecule has 3 aromatic rings. The van der Waals surface area contributed by atoms with E-state index in [0.717, 1.165) is 39.1 Å². The van der Waals surface area contributed by atoms with Crippen molar-refractivity contribution in [3.05, 3.63) is 40.6 Å². The second-order valence-electron chi connectivity index (χ2n) is 5.54. The van der Waals surface area contributed by atoms with Crippen molar-refractivity contribution in [2.45, 2.75) is 19.4 Å². The van der Waals surface area contributed by atoms with E-state index < -0.39 is 0 Å². The summed E-state index contributed by atoms with van der Waals surface area (Å²) in [6.07, 6.45) is 5.89. The third-order valence-electron chi connectivity index (χ3n) is 3.99. The Balaban J connectivity index is 1.86. The van der Waals surface area contributed by atoms with Crippen molar-refractivity contribution in [1.82, 2.24) is 20.0 Å². The number of rotatable bonds is 3. The predicted octanol–water partition coefficient (Wildman–Crippen LogP) is 3.54. The molecule has 0 amide bonds. The Kier molecular flexibility index (Phi) is 3.16. The molecule has 2 heterocycles. The van der Waals surface area contributed by atoms with Gasteiger partial charge in [-0.2, -0.15) is 5.26 Å². The van der Waals surface area contributed by atoms with E-state index >= 15 is 0 Å². The fourth-order valence-corrected chi connectivity index (χ4v) is 3.23. The lowest BCUT2D eigenvalue weighted by Gasteiger charge is -2.07. The molecule has 0 atom stereocenters. The van der Waals surface area contributed by atoms with Gasteiger partial charge in [-0.1, -0.05) is 11.3 Å². The molecule has 0 bridgehead atoms. The summed E-state index contributed by atoms with van der Waals surface area (Å²) in [5.41, 5.74) is 4.15. The second-order valence-corrected chi connectivity index (χ2v) is 6.34. The molecule has 0 spiro atoms. The first-order chi connectivity index (χ1) is 10.8. The van der Waals surface area contributed by atoms with Crippen LogP contribution in [0.15, 0.2) is 35.1 Å². The number of halogens is 1. The number of nitriles is 1. The maximum Gasteiger partial charge on any atom is 0.127 e. The smallest absolute Gasteiger partial charge is 0.127 e. The van der Waals surface area contributed by atoms with E-state index in [9.17, 15) is 5.26 Å². The van der Waals surface area contributed by atoms with E-state index in [1.165, 1.54) is 12.8 Å². The Labute approximate surface area is 135 Å². The zero-order chi connectivity index (χ0) is 15.1. The summed E-state index contributed by atoms with van der Waals surface area (Å²) in [6, 6.07) is 7.94. The summed E-state index contributed by atoms with van der Waals surface area (Å²) >= 11 is 3.62. The summed E-state index contributed by atoms with van der Waals surface area (Å²) in [4.78, 5) is 4.13. The molecule has 1 fully saturated rings. The van der Waals surface area contributed by atoms with Crippen molar-refractivity contribution in [2.75, 3.05) is 0 Å². The van der Waals surface area contributed by atoms with Crippen LogP contribution in [0.25, 0.3) is 22.2 Å². The molecular formula is C16H12BrN5. The molecule has 1 saturated carbocycles. The minimum Gasteiger partial charge on any atom is -0.264 e. The highest BCUT2D eigenvalue weighted by Crippen LogP contribution is 2.36. The van der Waals surface area contributed by atoms with Crippen molar-refractivity contribution in [1.29, 1.82) is 5.26 Å². The standard InChI is InChI=1S/C16H12BrN5/c17-15-12(13-8-19-6-5-11(13)7-18)3-4-14-16(15)20-21-22(14)9-10-1-2-10/h3-6,8,10H,1-2,9H2. The molecular weight excluding hydrogens is 342 g/mol. The van der Waals surface area contributed by atoms with Gasteiger partial charge in [-0.15, -0.1) is 5.10 Å². The molecule has 4 rings (SSSR count). The zero-order valence-corrected chi connectivity index (χ0v) is 13.3. The number of hydrogen-bond donors (Lipinski definition) is 0. The number of aromatic nitrogens is 4. The molecule has 1 aliphatic carbocycles. The van der Waals surface area contributed by atoms with Crippen molar-refractivity contribution in [3.63, 3.8) is 0 Å². The Morgan fingerprint density at radius 2 is 2.14 bits per heavy atom. The van der Waals surface area contributed by atoms with Crippen LogP contribution in [-0.4, -0.2) is 20.0 Å². The van der Waals surface area contributed by atoms with E-state index in [0.29, 0.717) is 5.56 Å². The summed E-state index contributed by atoms with van der Waals surface area (Å²) in [5, 5.41) is 17.8. The van der Waals surface area contributed by atoms with Crippen molar-refractivity contribution in [2.24, 2.45) is 5.92 Å². The summed E-state index contributed by atoms with van der Waals surface area (Å²) < 4.78 is 2.83. The molecule has 1 aromatic carbocycles. The van der Waals surface area contributed by atoms with Crippen molar-refractivity contribution in [3.8, 4) is 17.2 Å². The number of pyridine rings is 1. The normalized spacial score (nSPS) is 14.2. The second kappa shape index (κ2) is 5.18. The van der Waals surface area contributed by atoms with Gasteiger partial charge in [0.2, 0.25) is 0 Å². The molecule has 0 aliphatic heterocycles. The van der Waals surface area contributed by atoms with E-state index in [4.69, 9.17) is 0 Å². The average molecular weight is 354 g/mol.